The molecular formula is C20H25N5O2. The van der Waals surface area contributed by atoms with Gasteiger partial charge in [-0.15, -0.1) is 0 Å². The molecular weight excluding hydrogens is 342 g/mol. The number of anilines is 2. The van der Waals surface area contributed by atoms with Crippen LogP contribution in [0.3, 0.4) is 0 Å². The van der Waals surface area contributed by atoms with Crippen molar-refractivity contribution in [3.05, 3.63) is 47.8 Å². The molecule has 1 aromatic carbocycles. The molecule has 27 heavy (non-hydrogen) atoms. The highest BCUT2D eigenvalue weighted by molar-refractivity contribution is 5.94. The molecule has 0 unspecified atom stereocenters. The Balaban J connectivity index is 1.40. The molecule has 2 aliphatic rings. The van der Waals surface area contributed by atoms with Crippen LogP contribution in [0.1, 0.15) is 15.9 Å². The summed E-state index contributed by atoms with van der Waals surface area (Å²) in [5.41, 5.74) is 1.87. The van der Waals surface area contributed by atoms with Crippen molar-refractivity contribution in [2.45, 2.75) is 6.92 Å². The van der Waals surface area contributed by atoms with Gasteiger partial charge in [-0.2, -0.15) is 0 Å². The highest BCUT2D eigenvalue weighted by Crippen LogP contribution is 2.20. The lowest BCUT2D eigenvalue weighted by Gasteiger charge is -2.36. The number of hydrogen-bond acceptors (Lipinski definition) is 6. The van der Waals surface area contributed by atoms with Crippen LogP contribution in [0.25, 0.3) is 0 Å². The molecule has 1 amide bonds. The monoisotopic (exact) mass is 367 g/mol. The maximum absolute atomic E-state index is 12.7. The Hall–Kier alpha value is -2.67. The Morgan fingerprint density at radius 3 is 2.26 bits per heavy atom. The number of carbonyl (C=O) groups excluding carboxylic acids is 1. The zero-order chi connectivity index (χ0) is 18.6. The molecule has 7 nitrogen and oxygen atoms in total. The number of benzene rings is 1. The highest BCUT2D eigenvalue weighted by atomic mass is 16.5. The number of morpholine rings is 1. The fourth-order valence-electron chi connectivity index (χ4n) is 3.57. The van der Waals surface area contributed by atoms with Gasteiger partial charge in [-0.25, -0.2) is 9.97 Å². The average molecular weight is 367 g/mol. The van der Waals surface area contributed by atoms with Gasteiger partial charge < -0.3 is 19.4 Å². The summed E-state index contributed by atoms with van der Waals surface area (Å²) >= 11 is 0. The predicted octanol–water partition coefficient (Wildman–Crippen LogP) is 1.58. The van der Waals surface area contributed by atoms with E-state index >= 15 is 0 Å². The third kappa shape index (κ3) is 4.03. The third-order valence-electron chi connectivity index (χ3n) is 5.13. The summed E-state index contributed by atoms with van der Waals surface area (Å²) in [6, 6.07) is 9.83. The second-order valence-electron chi connectivity index (χ2n) is 6.98. The smallest absolute Gasteiger partial charge is 0.253 e. The molecule has 0 radical (unpaired) electrons. The molecule has 0 bridgehead atoms. The molecule has 7 heteroatoms. The molecule has 0 saturated carbocycles. The van der Waals surface area contributed by atoms with Gasteiger partial charge in [0.05, 0.1) is 13.2 Å². The van der Waals surface area contributed by atoms with Crippen molar-refractivity contribution in [3.8, 4) is 0 Å². The highest BCUT2D eigenvalue weighted by Gasteiger charge is 2.23. The minimum Gasteiger partial charge on any atom is -0.378 e. The molecule has 4 rings (SSSR count). The standard InChI is InChI=1S/C20H25N5O2/c1-16-3-2-4-17(13-16)20(26)25-7-5-23(6-8-25)18-14-19(22-15-21-18)24-9-11-27-12-10-24/h2-4,13-15H,5-12H2,1H3. The van der Waals surface area contributed by atoms with Crippen molar-refractivity contribution in [2.24, 2.45) is 0 Å². The number of ether oxygens (including phenoxy) is 1. The maximum atomic E-state index is 12.7. The molecule has 1 aromatic heterocycles. The normalized spacial score (nSPS) is 17.9. The van der Waals surface area contributed by atoms with E-state index in [0.717, 1.165) is 62.2 Å². The van der Waals surface area contributed by atoms with Crippen LogP contribution in [0.15, 0.2) is 36.7 Å². The first kappa shape index (κ1) is 17.7. The molecule has 0 N–H and O–H groups in total. The van der Waals surface area contributed by atoms with Gasteiger partial charge >= 0.3 is 0 Å². The summed E-state index contributed by atoms with van der Waals surface area (Å²) in [6.07, 6.45) is 1.63. The van der Waals surface area contributed by atoms with E-state index in [0.29, 0.717) is 13.1 Å². The molecule has 3 heterocycles. The topological polar surface area (TPSA) is 61.8 Å². The van der Waals surface area contributed by atoms with Crippen molar-refractivity contribution < 1.29 is 9.53 Å². The quantitative estimate of drug-likeness (QED) is 0.821. The van der Waals surface area contributed by atoms with Crippen LogP contribution in [0, 0.1) is 6.92 Å². The van der Waals surface area contributed by atoms with Crippen LogP contribution in [0.2, 0.25) is 0 Å². The molecule has 2 aliphatic heterocycles. The van der Waals surface area contributed by atoms with Gasteiger partial charge in [0.25, 0.3) is 5.91 Å². The van der Waals surface area contributed by atoms with Crippen molar-refractivity contribution in [1.82, 2.24) is 14.9 Å². The van der Waals surface area contributed by atoms with Crippen LogP contribution in [-0.4, -0.2) is 73.3 Å². The number of carbonyl (C=O) groups is 1. The first-order valence-corrected chi connectivity index (χ1v) is 9.46. The zero-order valence-electron chi connectivity index (χ0n) is 15.7. The van der Waals surface area contributed by atoms with E-state index in [9.17, 15) is 4.79 Å². The summed E-state index contributed by atoms with van der Waals surface area (Å²) in [5.74, 6) is 1.98. The molecule has 0 atom stereocenters. The van der Waals surface area contributed by atoms with E-state index in [4.69, 9.17) is 4.74 Å². The fraction of sp³-hybridized carbons (Fsp3) is 0.450. The van der Waals surface area contributed by atoms with Crippen molar-refractivity contribution in [2.75, 3.05) is 62.3 Å². The summed E-state index contributed by atoms with van der Waals surface area (Å²) < 4.78 is 5.41. The lowest BCUT2D eigenvalue weighted by molar-refractivity contribution is 0.0746. The van der Waals surface area contributed by atoms with Gasteiger partial charge in [0.1, 0.15) is 18.0 Å². The number of piperazine rings is 1. The largest absolute Gasteiger partial charge is 0.378 e. The Labute approximate surface area is 159 Å². The van der Waals surface area contributed by atoms with Crippen LogP contribution in [0.5, 0.6) is 0 Å². The van der Waals surface area contributed by atoms with E-state index < -0.39 is 0 Å². The molecule has 142 valence electrons. The number of nitrogens with zero attached hydrogens (tertiary/aromatic N) is 5. The molecule has 2 saturated heterocycles. The third-order valence-corrected chi connectivity index (χ3v) is 5.13. The number of rotatable bonds is 3. The maximum Gasteiger partial charge on any atom is 0.253 e. The van der Waals surface area contributed by atoms with Crippen LogP contribution in [0.4, 0.5) is 11.6 Å². The van der Waals surface area contributed by atoms with Crippen LogP contribution < -0.4 is 9.80 Å². The first-order chi connectivity index (χ1) is 13.2. The Kier molecular flexibility index (Phi) is 5.20. The van der Waals surface area contributed by atoms with Crippen LogP contribution >= 0.6 is 0 Å². The zero-order valence-corrected chi connectivity index (χ0v) is 15.7. The van der Waals surface area contributed by atoms with Gasteiger partial charge in [-0.1, -0.05) is 17.7 Å². The lowest BCUT2D eigenvalue weighted by Crippen LogP contribution is -2.49. The van der Waals surface area contributed by atoms with Gasteiger partial charge in [-0.3, -0.25) is 4.79 Å². The summed E-state index contributed by atoms with van der Waals surface area (Å²) in [7, 11) is 0. The molecule has 0 spiro atoms. The Morgan fingerprint density at radius 2 is 1.59 bits per heavy atom. The van der Waals surface area contributed by atoms with Gasteiger partial charge in [0.2, 0.25) is 0 Å². The van der Waals surface area contributed by atoms with E-state index in [-0.39, 0.29) is 5.91 Å². The van der Waals surface area contributed by atoms with E-state index in [2.05, 4.69) is 19.8 Å². The van der Waals surface area contributed by atoms with E-state index in [1.165, 1.54) is 0 Å². The van der Waals surface area contributed by atoms with E-state index in [1.54, 1.807) is 6.33 Å². The lowest BCUT2D eigenvalue weighted by atomic mass is 10.1. The Morgan fingerprint density at radius 1 is 0.926 bits per heavy atom. The number of amides is 1. The summed E-state index contributed by atoms with van der Waals surface area (Å²) in [5, 5.41) is 0. The van der Waals surface area contributed by atoms with Crippen molar-refractivity contribution in [1.29, 1.82) is 0 Å². The Bertz CT molecular complexity index is 798. The second kappa shape index (κ2) is 7.92. The van der Waals surface area contributed by atoms with Crippen molar-refractivity contribution in [3.63, 3.8) is 0 Å². The summed E-state index contributed by atoms with van der Waals surface area (Å²) in [6.45, 7) is 8.14. The summed E-state index contributed by atoms with van der Waals surface area (Å²) in [4.78, 5) is 28.0. The average Bonchev–Trinajstić information content (AvgIpc) is 2.74. The number of aromatic nitrogens is 2. The SMILES string of the molecule is Cc1cccc(C(=O)N2CCN(c3cc(N4CCOCC4)ncn3)CC2)c1. The fourth-order valence-corrected chi connectivity index (χ4v) is 3.57. The predicted molar refractivity (Wildman–Crippen MR) is 104 cm³/mol. The minimum atomic E-state index is 0.107. The van der Waals surface area contributed by atoms with Gasteiger partial charge in [-0.05, 0) is 19.1 Å². The minimum absolute atomic E-state index is 0.107. The van der Waals surface area contributed by atoms with Crippen molar-refractivity contribution >= 4 is 17.5 Å². The molecule has 2 fully saturated rings. The first-order valence-electron chi connectivity index (χ1n) is 9.46. The molecule has 2 aromatic rings. The van der Waals surface area contributed by atoms with E-state index in [1.807, 2.05) is 42.2 Å². The van der Waals surface area contributed by atoms with Gasteiger partial charge in [0.15, 0.2) is 0 Å². The van der Waals surface area contributed by atoms with Crippen LogP contribution in [-0.2, 0) is 4.74 Å². The molecule has 0 aliphatic carbocycles. The van der Waals surface area contributed by atoms with Gasteiger partial charge in [0, 0.05) is 50.9 Å². The number of aryl methyl sites for hydroxylation is 1. The number of hydrogen-bond donors (Lipinski definition) is 0. The second-order valence-corrected chi connectivity index (χ2v) is 6.98.